The molecule has 2 heterocycles. The van der Waals surface area contributed by atoms with Crippen LogP contribution in [-0.2, 0) is 24.3 Å². The molecule has 0 fully saturated rings. The molecule has 7 heteroatoms. The van der Waals surface area contributed by atoms with Gasteiger partial charge < -0.3 is 14.8 Å². The maximum absolute atomic E-state index is 12.2. The van der Waals surface area contributed by atoms with Gasteiger partial charge in [0.1, 0.15) is 5.76 Å². The molecule has 0 radical (unpaired) electrons. The minimum absolute atomic E-state index is 0.138. The largest absolute Gasteiger partial charge is 0.475 e. The highest BCUT2D eigenvalue weighted by molar-refractivity contribution is 5.84. The predicted molar refractivity (Wildman–Crippen MR) is 87.8 cm³/mol. The summed E-state index contributed by atoms with van der Waals surface area (Å²) in [7, 11) is 0. The number of aromatic nitrogens is 2. The summed E-state index contributed by atoms with van der Waals surface area (Å²) >= 11 is 0. The van der Waals surface area contributed by atoms with E-state index in [4.69, 9.17) is 9.52 Å². The Labute approximate surface area is 140 Å². The summed E-state index contributed by atoms with van der Waals surface area (Å²) in [5.74, 6) is -0.535. The van der Waals surface area contributed by atoms with Gasteiger partial charge in [-0.25, -0.2) is 4.79 Å². The lowest BCUT2D eigenvalue weighted by molar-refractivity contribution is -0.120. The van der Waals surface area contributed by atoms with Gasteiger partial charge in [0.2, 0.25) is 11.7 Å². The van der Waals surface area contributed by atoms with Crippen LogP contribution in [0.4, 0.5) is 0 Å². The molecule has 7 nitrogen and oxygen atoms in total. The highest BCUT2D eigenvalue weighted by Gasteiger charge is 2.16. The molecule has 0 aliphatic carbocycles. The molecule has 0 unspecified atom stereocenters. The Kier molecular flexibility index (Phi) is 5.43. The van der Waals surface area contributed by atoms with E-state index in [1.165, 1.54) is 6.07 Å². The van der Waals surface area contributed by atoms with Crippen LogP contribution in [0.15, 0.2) is 16.5 Å². The van der Waals surface area contributed by atoms with E-state index in [1.54, 1.807) is 6.07 Å². The number of aryl methyl sites for hydroxylation is 1. The number of aromatic carboxylic acids is 1. The summed E-state index contributed by atoms with van der Waals surface area (Å²) in [5.41, 5.74) is 2.79. The van der Waals surface area contributed by atoms with Gasteiger partial charge in [-0.2, -0.15) is 5.10 Å². The van der Waals surface area contributed by atoms with Crippen LogP contribution in [0.1, 0.15) is 47.1 Å². The van der Waals surface area contributed by atoms with E-state index in [0.29, 0.717) is 11.7 Å². The van der Waals surface area contributed by atoms with Gasteiger partial charge in [-0.1, -0.05) is 13.8 Å². The predicted octanol–water partition coefficient (Wildman–Crippen LogP) is 2.31. The van der Waals surface area contributed by atoms with Crippen molar-refractivity contribution in [3.63, 3.8) is 0 Å². The number of nitrogens with zero attached hydrogens (tertiary/aromatic N) is 2. The van der Waals surface area contributed by atoms with Crippen molar-refractivity contribution in [3.05, 3.63) is 40.6 Å². The molecule has 0 aromatic carbocycles. The van der Waals surface area contributed by atoms with Crippen molar-refractivity contribution in [1.82, 2.24) is 15.1 Å². The van der Waals surface area contributed by atoms with E-state index in [1.807, 2.05) is 18.5 Å². The Morgan fingerprint density at radius 3 is 2.62 bits per heavy atom. The first-order valence-electron chi connectivity index (χ1n) is 7.89. The summed E-state index contributed by atoms with van der Waals surface area (Å²) < 4.78 is 7.05. The molecule has 2 aromatic heterocycles. The summed E-state index contributed by atoms with van der Waals surface area (Å²) in [6, 6.07) is 2.91. The van der Waals surface area contributed by atoms with Crippen LogP contribution in [0.5, 0.6) is 0 Å². The lowest BCUT2D eigenvalue weighted by Crippen LogP contribution is -2.24. The van der Waals surface area contributed by atoms with Crippen molar-refractivity contribution in [2.75, 3.05) is 0 Å². The van der Waals surface area contributed by atoms with Crippen LogP contribution in [0.2, 0.25) is 0 Å². The molecule has 24 heavy (non-hydrogen) atoms. The zero-order valence-electron chi connectivity index (χ0n) is 14.4. The fourth-order valence-electron chi connectivity index (χ4n) is 2.51. The zero-order valence-corrected chi connectivity index (χ0v) is 14.4. The monoisotopic (exact) mass is 333 g/mol. The zero-order chi connectivity index (χ0) is 17.9. The summed E-state index contributed by atoms with van der Waals surface area (Å²) in [6.07, 6.45) is 0.238. The summed E-state index contributed by atoms with van der Waals surface area (Å²) in [5, 5.41) is 16.0. The molecule has 0 atom stereocenters. The highest BCUT2D eigenvalue weighted by atomic mass is 16.4. The maximum Gasteiger partial charge on any atom is 0.371 e. The number of hydrogen-bond acceptors (Lipinski definition) is 4. The quantitative estimate of drug-likeness (QED) is 0.810. The van der Waals surface area contributed by atoms with Crippen molar-refractivity contribution >= 4 is 11.9 Å². The van der Waals surface area contributed by atoms with E-state index in [9.17, 15) is 9.59 Å². The molecular weight excluding hydrogens is 310 g/mol. The average molecular weight is 333 g/mol. The molecule has 0 aliphatic heterocycles. The molecule has 2 rings (SSSR count). The third-order valence-electron chi connectivity index (χ3n) is 3.74. The fraction of sp³-hybridized carbons (Fsp3) is 0.471. The van der Waals surface area contributed by atoms with Gasteiger partial charge >= 0.3 is 5.97 Å². The SMILES string of the molecule is Cc1nn(CC(C)C)c(C)c1CC(=O)NCc1ccc(C(=O)O)o1. The fourth-order valence-corrected chi connectivity index (χ4v) is 2.51. The Balaban J connectivity index is 1.97. The van der Waals surface area contributed by atoms with Gasteiger partial charge in [-0.15, -0.1) is 0 Å². The van der Waals surface area contributed by atoms with E-state index >= 15 is 0 Å². The molecule has 0 saturated carbocycles. The van der Waals surface area contributed by atoms with Gasteiger partial charge in [0.25, 0.3) is 0 Å². The number of carbonyl (C=O) groups excluding carboxylic acids is 1. The molecule has 0 aliphatic rings. The van der Waals surface area contributed by atoms with Gasteiger partial charge in [0, 0.05) is 17.8 Å². The first kappa shape index (κ1) is 17.8. The minimum atomic E-state index is -1.13. The van der Waals surface area contributed by atoms with Crippen molar-refractivity contribution in [2.24, 2.45) is 5.92 Å². The second-order valence-electron chi connectivity index (χ2n) is 6.25. The Morgan fingerprint density at radius 2 is 2.04 bits per heavy atom. The van der Waals surface area contributed by atoms with Gasteiger partial charge in [0.05, 0.1) is 18.7 Å². The second kappa shape index (κ2) is 7.33. The molecule has 2 N–H and O–H groups in total. The lowest BCUT2D eigenvalue weighted by atomic mass is 10.1. The van der Waals surface area contributed by atoms with Gasteiger partial charge in [-0.05, 0) is 31.9 Å². The second-order valence-corrected chi connectivity index (χ2v) is 6.25. The van der Waals surface area contributed by atoms with Crippen LogP contribution < -0.4 is 5.32 Å². The number of nitrogens with one attached hydrogen (secondary N) is 1. The van der Waals surface area contributed by atoms with Crippen molar-refractivity contribution < 1.29 is 19.1 Å². The average Bonchev–Trinajstić information content (AvgIpc) is 3.06. The molecule has 130 valence electrons. The highest BCUT2D eigenvalue weighted by Crippen LogP contribution is 2.15. The van der Waals surface area contributed by atoms with Gasteiger partial charge in [0.15, 0.2) is 0 Å². The third-order valence-corrected chi connectivity index (χ3v) is 3.74. The van der Waals surface area contributed by atoms with Crippen LogP contribution in [0.25, 0.3) is 0 Å². The van der Waals surface area contributed by atoms with E-state index < -0.39 is 5.97 Å². The Morgan fingerprint density at radius 1 is 1.33 bits per heavy atom. The standard InChI is InChI=1S/C17H23N3O4/c1-10(2)9-20-12(4)14(11(3)19-20)7-16(21)18-8-13-5-6-15(24-13)17(22)23/h5-6,10H,7-9H2,1-4H3,(H,18,21)(H,22,23). The van der Waals surface area contributed by atoms with Crippen LogP contribution in [0, 0.1) is 19.8 Å². The number of amides is 1. The van der Waals surface area contributed by atoms with Gasteiger partial charge in [-0.3, -0.25) is 9.48 Å². The van der Waals surface area contributed by atoms with Crippen molar-refractivity contribution in [2.45, 2.75) is 47.2 Å². The molecule has 0 saturated heterocycles. The van der Waals surface area contributed by atoms with E-state index in [-0.39, 0.29) is 24.6 Å². The summed E-state index contributed by atoms with van der Waals surface area (Å²) in [6.45, 7) is 9.09. The minimum Gasteiger partial charge on any atom is -0.475 e. The number of hydrogen-bond donors (Lipinski definition) is 2. The van der Waals surface area contributed by atoms with Crippen molar-refractivity contribution in [1.29, 1.82) is 0 Å². The first-order chi connectivity index (χ1) is 11.3. The molecule has 2 aromatic rings. The molecule has 1 amide bonds. The molecular formula is C17H23N3O4. The topological polar surface area (TPSA) is 97.4 Å². The number of carboxylic acid groups (broad SMARTS) is 1. The Bertz CT molecular complexity index is 743. The number of carboxylic acids is 1. The number of furan rings is 1. The molecule has 0 spiro atoms. The third kappa shape index (κ3) is 4.24. The summed E-state index contributed by atoms with van der Waals surface area (Å²) in [4.78, 5) is 22.9. The smallest absolute Gasteiger partial charge is 0.371 e. The Hall–Kier alpha value is -2.57. The van der Waals surface area contributed by atoms with Crippen molar-refractivity contribution in [3.8, 4) is 0 Å². The van der Waals surface area contributed by atoms with Crippen LogP contribution in [-0.4, -0.2) is 26.8 Å². The molecule has 0 bridgehead atoms. The first-order valence-corrected chi connectivity index (χ1v) is 7.89. The maximum atomic E-state index is 12.2. The normalized spacial score (nSPS) is 11.0. The number of carbonyl (C=O) groups is 2. The van der Waals surface area contributed by atoms with E-state index in [2.05, 4.69) is 24.3 Å². The number of rotatable bonds is 7. The van der Waals surface area contributed by atoms with E-state index in [0.717, 1.165) is 23.5 Å². The van der Waals surface area contributed by atoms with Crippen LogP contribution in [0.3, 0.4) is 0 Å². The van der Waals surface area contributed by atoms with Crippen LogP contribution >= 0.6 is 0 Å². The lowest BCUT2D eigenvalue weighted by Gasteiger charge is -2.08.